The summed E-state index contributed by atoms with van der Waals surface area (Å²) in [6.07, 6.45) is 1.81. The molecule has 1 aliphatic carbocycles. The first-order valence-electron chi connectivity index (χ1n) is 5.49. The van der Waals surface area contributed by atoms with Crippen LogP contribution in [-0.2, 0) is 9.59 Å². The summed E-state index contributed by atoms with van der Waals surface area (Å²) in [6, 6.07) is 0. The molecule has 0 atom stereocenters. The molecule has 0 aromatic heterocycles. The molecule has 2 amide bonds. The minimum atomic E-state index is -0.630. The molecule has 0 aromatic carbocycles. The number of hydrogen-bond acceptors (Lipinski definition) is 3. The van der Waals surface area contributed by atoms with Crippen molar-refractivity contribution in [1.82, 2.24) is 10.6 Å². The maximum atomic E-state index is 11.4. The van der Waals surface area contributed by atoms with Gasteiger partial charge in [-0.3, -0.25) is 9.59 Å². The highest BCUT2D eigenvalue weighted by molar-refractivity contribution is 6.35. The summed E-state index contributed by atoms with van der Waals surface area (Å²) in [5.41, 5.74) is -0.583. The number of nitrogens with one attached hydrogen (secondary N) is 2. The summed E-state index contributed by atoms with van der Waals surface area (Å²) in [6.45, 7) is 5.88. The highest BCUT2D eigenvalue weighted by atomic mass is 16.3. The molecule has 16 heavy (non-hydrogen) atoms. The molecule has 1 rings (SSSR count). The van der Waals surface area contributed by atoms with Crippen molar-refractivity contribution >= 4 is 11.8 Å². The van der Waals surface area contributed by atoms with Crippen LogP contribution in [0, 0.1) is 5.41 Å². The number of amides is 2. The molecule has 1 aliphatic rings. The third kappa shape index (κ3) is 3.81. The van der Waals surface area contributed by atoms with Gasteiger partial charge in [0.2, 0.25) is 0 Å². The van der Waals surface area contributed by atoms with Crippen LogP contribution in [0.2, 0.25) is 0 Å². The maximum absolute atomic E-state index is 11.4. The van der Waals surface area contributed by atoms with Crippen LogP contribution in [-0.4, -0.2) is 35.6 Å². The Hall–Kier alpha value is -1.10. The maximum Gasteiger partial charge on any atom is 0.309 e. The largest absolute Gasteiger partial charge is 0.396 e. The van der Waals surface area contributed by atoms with Crippen molar-refractivity contribution in [3.8, 4) is 0 Å². The third-order valence-electron chi connectivity index (χ3n) is 2.61. The summed E-state index contributed by atoms with van der Waals surface area (Å²) in [4.78, 5) is 22.8. The van der Waals surface area contributed by atoms with Gasteiger partial charge in [0.15, 0.2) is 0 Å². The molecule has 0 radical (unpaired) electrons. The van der Waals surface area contributed by atoms with E-state index in [9.17, 15) is 9.59 Å². The molecule has 1 fully saturated rings. The van der Waals surface area contributed by atoms with Gasteiger partial charge in [0.1, 0.15) is 0 Å². The van der Waals surface area contributed by atoms with Crippen LogP contribution in [0.5, 0.6) is 0 Å². The Labute approximate surface area is 95.6 Å². The number of hydrogen-bond donors (Lipinski definition) is 3. The molecule has 5 nitrogen and oxygen atoms in total. The third-order valence-corrected chi connectivity index (χ3v) is 2.61. The summed E-state index contributed by atoms with van der Waals surface area (Å²) >= 11 is 0. The molecular weight excluding hydrogens is 208 g/mol. The van der Waals surface area contributed by atoms with E-state index in [-0.39, 0.29) is 12.0 Å². The molecule has 5 heteroatoms. The van der Waals surface area contributed by atoms with Crippen molar-refractivity contribution < 1.29 is 14.7 Å². The van der Waals surface area contributed by atoms with E-state index < -0.39 is 17.4 Å². The Morgan fingerprint density at radius 1 is 1.25 bits per heavy atom. The van der Waals surface area contributed by atoms with Crippen LogP contribution in [0.15, 0.2) is 0 Å². The smallest absolute Gasteiger partial charge is 0.309 e. The lowest BCUT2D eigenvalue weighted by atomic mass is 10.1. The second-order valence-corrected chi connectivity index (χ2v) is 5.54. The minimum Gasteiger partial charge on any atom is -0.396 e. The molecule has 0 heterocycles. The fourth-order valence-corrected chi connectivity index (χ4v) is 1.31. The van der Waals surface area contributed by atoms with E-state index in [1.165, 1.54) is 0 Å². The topological polar surface area (TPSA) is 78.4 Å². The zero-order chi connectivity index (χ0) is 12.4. The molecule has 0 unspecified atom stereocenters. The van der Waals surface area contributed by atoms with Crippen molar-refractivity contribution in [1.29, 1.82) is 0 Å². The van der Waals surface area contributed by atoms with Gasteiger partial charge in [-0.05, 0) is 33.6 Å². The monoisotopic (exact) mass is 228 g/mol. The van der Waals surface area contributed by atoms with Crippen molar-refractivity contribution in [3.63, 3.8) is 0 Å². The number of aliphatic hydroxyl groups is 1. The average Bonchev–Trinajstić information content (AvgIpc) is 2.92. The van der Waals surface area contributed by atoms with Crippen LogP contribution >= 0.6 is 0 Å². The van der Waals surface area contributed by atoms with Gasteiger partial charge in [-0.1, -0.05) is 0 Å². The van der Waals surface area contributed by atoms with Crippen molar-refractivity contribution in [2.24, 2.45) is 5.41 Å². The SMILES string of the molecule is CC(C)(C)NC(=O)C(=O)NCC1(CO)CC1. The van der Waals surface area contributed by atoms with Gasteiger partial charge in [-0.2, -0.15) is 0 Å². The van der Waals surface area contributed by atoms with Crippen molar-refractivity contribution in [2.45, 2.75) is 39.2 Å². The molecule has 92 valence electrons. The van der Waals surface area contributed by atoms with E-state index >= 15 is 0 Å². The molecule has 0 bridgehead atoms. The van der Waals surface area contributed by atoms with Crippen LogP contribution in [0.1, 0.15) is 33.6 Å². The van der Waals surface area contributed by atoms with E-state index in [1.54, 1.807) is 0 Å². The fourth-order valence-electron chi connectivity index (χ4n) is 1.31. The highest BCUT2D eigenvalue weighted by Gasteiger charge is 2.42. The Bertz CT molecular complexity index is 290. The highest BCUT2D eigenvalue weighted by Crippen LogP contribution is 2.44. The molecular formula is C11H20N2O3. The zero-order valence-electron chi connectivity index (χ0n) is 10.1. The fraction of sp³-hybridized carbons (Fsp3) is 0.818. The number of aliphatic hydroxyl groups excluding tert-OH is 1. The van der Waals surface area contributed by atoms with Crippen LogP contribution < -0.4 is 10.6 Å². The molecule has 0 aliphatic heterocycles. The van der Waals surface area contributed by atoms with Gasteiger partial charge >= 0.3 is 11.8 Å². The van der Waals surface area contributed by atoms with Gasteiger partial charge in [-0.25, -0.2) is 0 Å². The summed E-state index contributed by atoms with van der Waals surface area (Å²) in [5, 5.41) is 14.2. The molecule has 0 spiro atoms. The second-order valence-electron chi connectivity index (χ2n) is 5.54. The molecule has 0 aromatic rings. The summed E-state index contributed by atoms with van der Waals surface area (Å²) < 4.78 is 0. The standard InChI is InChI=1S/C11H20N2O3/c1-10(2,3)13-9(16)8(15)12-6-11(7-14)4-5-11/h14H,4-7H2,1-3H3,(H,12,15)(H,13,16). The first kappa shape index (κ1) is 13.0. The molecule has 3 N–H and O–H groups in total. The number of rotatable bonds is 3. The van der Waals surface area contributed by atoms with Crippen molar-refractivity contribution in [3.05, 3.63) is 0 Å². The van der Waals surface area contributed by atoms with E-state index in [2.05, 4.69) is 10.6 Å². The Morgan fingerprint density at radius 3 is 2.19 bits per heavy atom. The predicted octanol–water partition coefficient (Wildman–Crippen LogP) is -0.210. The van der Waals surface area contributed by atoms with Gasteiger partial charge in [0.25, 0.3) is 0 Å². The lowest BCUT2D eigenvalue weighted by Gasteiger charge is -2.20. The quantitative estimate of drug-likeness (QED) is 0.585. The first-order valence-corrected chi connectivity index (χ1v) is 5.49. The van der Waals surface area contributed by atoms with Gasteiger partial charge in [0.05, 0.1) is 6.61 Å². The number of carbonyl (C=O) groups excluding carboxylic acids is 2. The first-order chi connectivity index (χ1) is 7.28. The summed E-state index contributed by atoms with van der Waals surface area (Å²) in [5.74, 6) is -1.25. The van der Waals surface area contributed by atoms with Gasteiger partial charge in [0, 0.05) is 17.5 Å². The van der Waals surface area contributed by atoms with Crippen LogP contribution in [0.4, 0.5) is 0 Å². The second kappa shape index (κ2) is 4.41. The Balaban J connectivity index is 2.32. The van der Waals surface area contributed by atoms with E-state index in [0.717, 1.165) is 12.8 Å². The van der Waals surface area contributed by atoms with Gasteiger partial charge in [-0.15, -0.1) is 0 Å². The average molecular weight is 228 g/mol. The molecule has 0 saturated heterocycles. The van der Waals surface area contributed by atoms with E-state index in [0.29, 0.717) is 6.54 Å². The normalized spacial score (nSPS) is 17.8. The minimum absolute atomic E-state index is 0.0637. The van der Waals surface area contributed by atoms with Gasteiger partial charge < -0.3 is 15.7 Å². The molecule has 1 saturated carbocycles. The van der Waals surface area contributed by atoms with Crippen LogP contribution in [0.25, 0.3) is 0 Å². The van der Waals surface area contributed by atoms with E-state index in [1.807, 2.05) is 20.8 Å². The Kier molecular flexibility index (Phi) is 3.57. The lowest BCUT2D eigenvalue weighted by molar-refractivity contribution is -0.140. The van der Waals surface area contributed by atoms with E-state index in [4.69, 9.17) is 5.11 Å². The zero-order valence-corrected chi connectivity index (χ0v) is 10.1. The Morgan fingerprint density at radius 2 is 1.81 bits per heavy atom. The van der Waals surface area contributed by atoms with Crippen molar-refractivity contribution in [2.75, 3.05) is 13.2 Å². The summed E-state index contributed by atoms with van der Waals surface area (Å²) in [7, 11) is 0. The van der Waals surface area contributed by atoms with Crippen LogP contribution in [0.3, 0.4) is 0 Å². The predicted molar refractivity (Wildman–Crippen MR) is 59.7 cm³/mol. The lowest BCUT2D eigenvalue weighted by Crippen LogP contribution is -2.49. The number of carbonyl (C=O) groups is 2.